The Hall–Kier alpha value is -2.95. The van der Waals surface area contributed by atoms with Gasteiger partial charge in [0.15, 0.2) is 0 Å². The second-order valence-corrected chi connectivity index (χ2v) is 5.36. The molecule has 0 aliphatic heterocycles. The Morgan fingerprint density at radius 2 is 2.00 bits per heavy atom. The van der Waals surface area contributed by atoms with Crippen molar-refractivity contribution in [2.75, 3.05) is 5.32 Å². The number of hydrogen-bond donors (Lipinski definition) is 1. The van der Waals surface area contributed by atoms with Crippen LogP contribution in [0.15, 0.2) is 18.2 Å². The summed E-state index contributed by atoms with van der Waals surface area (Å²) in [5.74, 6) is -0.520. The Kier molecular flexibility index (Phi) is 4.36. The molecule has 1 aromatic heterocycles. The number of nitro benzene ring substituents is 2. The van der Waals surface area contributed by atoms with E-state index in [0.29, 0.717) is 5.01 Å². The third-order valence-corrected chi connectivity index (χ3v) is 3.35. The minimum absolute atomic E-state index is 0.0781. The zero-order chi connectivity index (χ0) is 16.3. The number of carbonyl (C=O) groups is 1. The van der Waals surface area contributed by atoms with E-state index in [9.17, 15) is 25.0 Å². The van der Waals surface area contributed by atoms with Gasteiger partial charge in [-0.1, -0.05) is 11.3 Å². The number of carbonyl (C=O) groups excluding carboxylic acids is 1. The molecule has 0 fully saturated rings. The van der Waals surface area contributed by atoms with E-state index in [0.717, 1.165) is 12.1 Å². The minimum Gasteiger partial charge on any atom is -0.300 e. The zero-order valence-corrected chi connectivity index (χ0v) is 12.0. The van der Waals surface area contributed by atoms with Crippen LogP contribution in [0, 0.1) is 27.2 Å². The first-order chi connectivity index (χ1) is 10.4. The van der Waals surface area contributed by atoms with Crippen molar-refractivity contribution in [1.29, 1.82) is 0 Å². The van der Waals surface area contributed by atoms with Crippen LogP contribution in [0.3, 0.4) is 0 Å². The van der Waals surface area contributed by atoms with Crippen molar-refractivity contribution in [2.45, 2.75) is 13.3 Å². The maximum absolute atomic E-state index is 11.9. The van der Waals surface area contributed by atoms with Gasteiger partial charge in [0.1, 0.15) is 5.01 Å². The molecular weight excluding hydrogens is 314 g/mol. The van der Waals surface area contributed by atoms with Crippen molar-refractivity contribution < 1.29 is 14.6 Å². The number of hydrogen-bond acceptors (Lipinski definition) is 8. The zero-order valence-electron chi connectivity index (χ0n) is 11.2. The van der Waals surface area contributed by atoms with Gasteiger partial charge in [0.25, 0.3) is 11.4 Å². The van der Waals surface area contributed by atoms with Gasteiger partial charge in [-0.2, -0.15) is 0 Å². The fraction of sp³-hybridized carbons (Fsp3) is 0.182. The van der Waals surface area contributed by atoms with Crippen LogP contribution in [0.5, 0.6) is 0 Å². The summed E-state index contributed by atoms with van der Waals surface area (Å²) >= 11 is 1.17. The summed E-state index contributed by atoms with van der Waals surface area (Å²) in [7, 11) is 0. The van der Waals surface area contributed by atoms with Crippen molar-refractivity contribution in [2.24, 2.45) is 0 Å². The molecule has 10 nitrogen and oxygen atoms in total. The average molecular weight is 323 g/mol. The first-order valence-electron chi connectivity index (χ1n) is 5.88. The lowest BCUT2D eigenvalue weighted by molar-refractivity contribution is -0.394. The molecule has 2 aromatic rings. The number of aryl methyl sites for hydroxylation is 1. The van der Waals surface area contributed by atoms with E-state index in [1.54, 1.807) is 6.92 Å². The summed E-state index contributed by atoms with van der Waals surface area (Å²) in [6.07, 6.45) is -0.299. The van der Waals surface area contributed by atoms with Gasteiger partial charge in [0, 0.05) is 11.6 Å². The van der Waals surface area contributed by atoms with Crippen LogP contribution in [0.2, 0.25) is 0 Å². The smallest absolute Gasteiger partial charge is 0.279 e. The lowest BCUT2D eigenvalue weighted by Gasteiger charge is -2.03. The molecule has 0 atom stereocenters. The van der Waals surface area contributed by atoms with Crippen molar-refractivity contribution >= 4 is 33.8 Å². The molecule has 22 heavy (non-hydrogen) atoms. The quantitative estimate of drug-likeness (QED) is 0.653. The molecule has 0 saturated heterocycles. The van der Waals surface area contributed by atoms with E-state index >= 15 is 0 Å². The van der Waals surface area contributed by atoms with E-state index < -0.39 is 27.1 Å². The van der Waals surface area contributed by atoms with Gasteiger partial charge in [-0.3, -0.25) is 25.0 Å². The fourth-order valence-electron chi connectivity index (χ4n) is 1.67. The number of rotatable bonds is 5. The van der Waals surface area contributed by atoms with E-state index in [2.05, 4.69) is 15.5 Å². The first kappa shape index (κ1) is 15.4. The molecule has 0 unspecified atom stereocenters. The Morgan fingerprint density at radius 1 is 1.27 bits per heavy atom. The van der Waals surface area contributed by atoms with Crippen LogP contribution in [-0.4, -0.2) is 26.0 Å². The van der Waals surface area contributed by atoms with Gasteiger partial charge in [-0.05, 0) is 13.0 Å². The van der Waals surface area contributed by atoms with Gasteiger partial charge >= 0.3 is 0 Å². The molecule has 0 radical (unpaired) electrons. The number of nitrogens with one attached hydrogen (secondary N) is 1. The highest BCUT2D eigenvalue weighted by atomic mass is 32.1. The summed E-state index contributed by atoms with van der Waals surface area (Å²) in [4.78, 5) is 32.0. The molecule has 0 spiro atoms. The average Bonchev–Trinajstić information content (AvgIpc) is 2.83. The van der Waals surface area contributed by atoms with Crippen molar-refractivity contribution in [3.8, 4) is 0 Å². The summed E-state index contributed by atoms with van der Waals surface area (Å²) in [5, 5.41) is 32.5. The highest BCUT2D eigenvalue weighted by Gasteiger charge is 2.21. The molecule has 2 rings (SSSR count). The Bertz CT molecular complexity index is 759. The summed E-state index contributed by atoms with van der Waals surface area (Å²) in [5.41, 5.74) is -0.803. The Morgan fingerprint density at radius 3 is 2.55 bits per heavy atom. The van der Waals surface area contributed by atoms with Crippen LogP contribution in [0.4, 0.5) is 16.5 Å². The summed E-state index contributed by atoms with van der Waals surface area (Å²) < 4.78 is 0. The number of nitrogens with zero attached hydrogens (tertiary/aromatic N) is 4. The number of nitro groups is 2. The van der Waals surface area contributed by atoms with Crippen LogP contribution in [-0.2, 0) is 11.2 Å². The number of anilines is 1. The third kappa shape index (κ3) is 3.58. The molecule has 1 heterocycles. The number of benzene rings is 1. The molecule has 114 valence electrons. The normalized spacial score (nSPS) is 10.2. The van der Waals surface area contributed by atoms with Crippen molar-refractivity contribution in [3.05, 3.63) is 49.0 Å². The van der Waals surface area contributed by atoms with E-state index in [-0.39, 0.29) is 17.1 Å². The minimum atomic E-state index is -0.759. The maximum atomic E-state index is 11.9. The lowest BCUT2D eigenvalue weighted by Crippen LogP contribution is -2.15. The van der Waals surface area contributed by atoms with Gasteiger partial charge in [-0.25, -0.2) is 0 Å². The van der Waals surface area contributed by atoms with E-state index in [1.807, 2.05) is 0 Å². The predicted molar refractivity (Wildman–Crippen MR) is 76.7 cm³/mol. The molecule has 0 bridgehead atoms. The molecule has 11 heteroatoms. The number of amides is 1. The van der Waals surface area contributed by atoms with Crippen molar-refractivity contribution in [3.63, 3.8) is 0 Å². The molecule has 1 amide bonds. The second kappa shape index (κ2) is 6.22. The number of aromatic nitrogens is 2. The molecule has 0 aliphatic rings. The monoisotopic (exact) mass is 323 g/mol. The van der Waals surface area contributed by atoms with Gasteiger partial charge in [0.05, 0.1) is 22.3 Å². The maximum Gasteiger partial charge on any atom is 0.279 e. The topological polar surface area (TPSA) is 141 Å². The SMILES string of the molecule is Cc1nnc(NC(=O)Cc2ccc([N+](=O)[O-])cc2[N+](=O)[O-])s1. The first-order valence-corrected chi connectivity index (χ1v) is 6.70. The van der Waals surface area contributed by atoms with E-state index in [1.165, 1.54) is 17.4 Å². The van der Waals surface area contributed by atoms with Crippen LogP contribution >= 0.6 is 11.3 Å². The summed E-state index contributed by atoms with van der Waals surface area (Å²) in [6.45, 7) is 1.72. The highest BCUT2D eigenvalue weighted by Crippen LogP contribution is 2.25. The van der Waals surface area contributed by atoms with Crippen LogP contribution in [0.1, 0.15) is 10.6 Å². The third-order valence-electron chi connectivity index (χ3n) is 2.60. The molecule has 1 N–H and O–H groups in total. The largest absolute Gasteiger partial charge is 0.300 e. The molecule has 0 saturated carbocycles. The van der Waals surface area contributed by atoms with Crippen molar-refractivity contribution in [1.82, 2.24) is 10.2 Å². The highest BCUT2D eigenvalue weighted by molar-refractivity contribution is 7.15. The predicted octanol–water partition coefficient (Wildman–Crippen LogP) is 1.84. The van der Waals surface area contributed by atoms with E-state index in [4.69, 9.17) is 0 Å². The molecule has 1 aromatic carbocycles. The fourth-order valence-corrected chi connectivity index (χ4v) is 2.28. The number of non-ortho nitro benzene ring substituents is 1. The summed E-state index contributed by atoms with van der Waals surface area (Å²) in [6, 6.07) is 3.14. The molecule has 0 aliphatic carbocycles. The Labute approximate surface area is 127 Å². The van der Waals surface area contributed by atoms with Gasteiger partial charge in [0.2, 0.25) is 11.0 Å². The van der Waals surface area contributed by atoms with Gasteiger partial charge < -0.3 is 5.32 Å². The second-order valence-electron chi connectivity index (χ2n) is 4.18. The van der Waals surface area contributed by atoms with Gasteiger partial charge in [-0.15, -0.1) is 10.2 Å². The molecular formula is C11H9N5O5S. The Balaban J connectivity index is 2.19. The van der Waals surface area contributed by atoms with Crippen LogP contribution < -0.4 is 5.32 Å². The van der Waals surface area contributed by atoms with Crippen LogP contribution in [0.25, 0.3) is 0 Å². The standard InChI is InChI=1S/C11H9N5O5S/c1-6-13-14-11(22-6)12-10(17)4-7-2-3-8(15(18)19)5-9(7)16(20)21/h2-3,5H,4H2,1H3,(H,12,14,17). The lowest BCUT2D eigenvalue weighted by atomic mass is 10.1.